The molecule has 0 fully saturated rings. The van der Waals surface area contributed by atoms with Crippen molar-refractivity contribution in [3.8, 4) is 5.75 Å². The maximum absolute atomic E-state index is 13.6. The van der Waals surface area contributed by atoms with E-state index in [2.05, 4.69) is 4.98 Å². The predicted molar refractivity (Wildman–Crippen MR) is 115 cm³/mol. The summed E-state index contributed by atoms with van der Waals surface area (Å²) in [4.78, 5) is 21.1. The number of anilines is 1. The highest BCUT2D eigenvalue weighted by Crippen LogP contribution is 2.34. The van der Waals surface area contributed by atoms with E-state index >= 15 is 0 Å². The number of likely N-dealkylation sites (N-methyl/N-ethyl adjacent to an activating group) is 1. The molecular formula is C20H22ClF2N3O2S. The summed E-state index contributed by atoms with van der Waals surface area (Å²) in [5.74, 6) is -1.83. The molecule has 0 N–H and O–H groups in total. The van der Waals surface area contributed by atoms with Crippen molar-refractivity contribution < 1.29 is 18.3 Å². The lowest BCUT2D eigenvalue weighted by atomic mass is 10.2. The predicted octanol–water partition coefficient (Wildman–Crippen LogP) is 4.60. The van der Waals surface area contributed by atoms with Crippen LogP contribution in [0.25, 0.3) is 10.2 Å². The minimum Gasteiger partial charge on any atom is -0.492 e. The van der Waals surface area contributed by atoms with Crippen LogP contribution in [0.15, 0.2) is 36.4 Å². The summed E-state index contributed by atoms with van der Waals surface area (Å²) in [7, 11) is 3.79. The quantitative estimate of drug-likeness (QED) is 0.537. The maximum atomic E-state index is 13.6. The van der Waals surface area contributed by atoms with Crippen LogP contribution in [0.1, 0.15) is 17.3 Å². The number of halogens is 3. The van der Waals surface area contributed by atoms with Crippen LogP contribution in [0.2, 0.25) is 0 Å². The number of hydrogen-bond donors (Lipinski definition) is 0. The van der Waals surface area contributed by atoms with E-state index in [1.807, 2.05) is 44.1 Å². The third-order valence-electron chi connectivity index (χ3n) is 4.08. The Kier molecular flexibility index (Phi) is 7.89. The minimum atomic E-state index is -1.05. The van der Waals surface area contributed by atoms with E-state index < -0.39 is 17.5 Å². The number of carbonyl (C=O) groups excluding carboxylic acids is 1. The first-order chi connectivity index (χ1) is 13.4. The van der Waals surface area contributed by atoms with Gasteiger partial charge in [0.15, 0.2) is 16.8 Å². The topological polar surface area (TPSA) is 45.7 Å². The lowest BCUT2D eigenvalue weighted by Gasteiger charge is -2.22. The third kappa shape index (κ3) is 5.20. The number of thiazole rings is 1. The van der Waals surface area contributed by atoms with E-state index in [9.17, 15) is 13.6 Å². The molecule has 0 aliphatic rings. The van der Waals surface area contributed by atoms with Gasteiger partial charge in [-0.05, 0) is 51.4 Å². The molecule has 29 heavy (non-hydrogen) atoms. The van der Waals surface area contributed by atoms with Crippen LogP contribution in [-0.2, 0) is 0 Å². The molecule has 0 bridgehead atoms. The Morgan fingerprint density at radius 2 is 1.90 bits per heavy atom. The average Bonchev–Trinajstić information content (AvgIpc) is 3.09. The van der Waals surface area contributed by atoms with Gasteiger partial charge in [0.1, 0.15) is 11.3 Å². The zero-order valence-electron chi connectivity index (χ0n) is 16.3. The molecule has 9 heteroatoms. The first-order valence-corrected chi connectivity index (χ1v) is 9.66. The van der Waals surface area contributed by atoms with Crippen molar-refractivity contribution >= 4 is 45.0 Å². The van der Waals surface area contributed by atoms with Gasteiger partial charge in [-0.1, -0.05) is 17.4 Å². The van der Waals surface area contributed by atoms with Gasteiger partial charge in [-0.3, -0.25) is 9.69 Å². The molecule has 0 radical (unpaired) electrons. The van der Waals surface area contributed by atoms with Gasteiger partial charge in [0.05, 0.1) is 11.3 Å². The Labute approximate surface area is 178 Å². The maximum Gasteiger partial charge on any atom is 0.260 e. The molecule has 1 heterocycles. The van der Waals surface area contributed by atoms with Crippen LogP contribution in [-0.4, -0.2) is 49.6 Å². The lowest BCUT2D eigenvalue weighted by molar-refractivity contribution is 0.0984. The largest absolute Gasteiger partial charge is 0.492 e. The van der Waals surface area contributed by atoms with E-state index in [0.29, 0.717) is 36.1 Å². The molecule has 0 aliphatic carbocycles. The normalized spacial score (nSPS) is 10.8. The van der Waals surface area contributed by atoms with Crippen LogP contribution < -0.4 is 9.64 Å². The second kappa shape index (κ2) is 9.96. The number of nitrogens with zero attached hydrogens (tertiary/aromatic N) is 3. The molecular weight excluding hydrogens is 420 g/mol. The molecule has 0 atom stereocenters. The fraction of sp³-hybridized carbons (Fsp3) is 0.300. The molecule has 2 aromatic carbocycles. The van der Waals surface area contributed by atoms with Gasteiger partial charge in [0, 0.05) is 18.7 Å². The number of carbonyl (C=O) groups is 1. The molecule has 5 nitrogen and oxygen atoms in total. The van der Waals surface area contributed by atoms with Crippen molar-refractivity contribution in [2.75, 3.05) is 38.7 Å². The molecule has 0 spiro atoms. The summed E-state index contributed by atoms with van der Waals surface area (Å²) in [5, 5.41) is 0.485. The van der Waals surface area contributed by atoms with Gasteiger partial charge in [-0.15, -0.1) is 12.4 Å². The van der Waals surface area contributed by atoms with Gasteiger partial charge < -0.3 is 9.64 Å². The van der Waals surface area contributed by atoms with Crippen LogP contribution in [0, 0.1) is 11.6 Å². The monoisotopic (exact) mass is 441 g/mol. The summed E-state index contributed by atoms with van der Waals surface area (Å²) in [6, 6.07) is 8.76. The van der Waals surface area contributed by atoms with Crippen molar-refractivity contribution in [1.82, 2.24) is 9.88 Å². The van der Waals surface area contributed by atoms with Gasteiger partial charge in [0.25, 0.3) is 5.91 Å². The van der Waals surface area contributed by atoms with E-state index in [0.717, 1.165) is 16.8 Å². The Morgan fingerprint density at radius 1 is 1.14 bits per heavy atom. The highest BCUT2D eigenvalue weighted by atomic mass is 35.5. The molecule has 1 amide bonds. The Hall–Kier alpha value is -2.29. The van der Waals surface area contributed by atoms with Crippen LogP contribution in [0.4, 0.5) is 13.9 Å². The van der Waals surface area contributed by atoms with Crippen molar-refractivity contribution in [3.63, 3.8) is 0 Å². The number of para-hydroxylation sites is 1. The van der Waals surface area contributed by atoms with Crippen molar-refractivity contribution in [3.05, 3.63) is 53.6 Å². The van der Waals surface area contributed by atoms with Crippen LogP contribution in [0.3, 0.4) is 0 Å². The third-order valence-corrected chi connectivity index (χ3v) is 5.13. The summed E-state index contributed by atoms with van der Waals surface area (Å²) in [5.41, 5.74) is 0.749. The van der Waals surface area contributed by atoms with Crippen molar-refractivity contribution in [1.29, 1.82) is 0 Å². The van der Waals surface area contributed by atoms with Crippen LogP contribution in [0.5, 0.6) is 5.75 Å². The molecule has 0 saturated carbocycles. The summed E-state index contributed by atoms with van der Waals surface area (Å²) in [6.07, 6.45) is 0. The molecule has 1 aromatic heterocycles. The summed E-state index contributed by atoms with van der Waals surface area (Å²) >= 11 is 1.36. The number of benzene rings is 2. The number of amides is 1. The fourth-order valence-electron chi connectivity index (χ4n) is 2.67. The zero-order valence-corrected chi connectivity index (χ0v) is 17.9. The smallest absolute Gasteiger partial charge is 0.260 e. The summed E-state index contributed by atoms with van der Waals surface area (Å²) < 4.78 is 33.4. The zero-order chi connectivity index (χ0) is 20.3. The first-order valence-electron chi connectivity index (χ1n) is 8.84. The molecule has 3 aromatic rings. The number of aromatic nitrogens is 1. The molecule has 0 saturated heterocycles. The molecule has 0 unspecified atom stereocenters. The SMILES string of the molecule is CCOc1cccc2sc(N(CCN(C)C)C(=O)c3ccc(F)c(F)c3)nc12.Cl. The number of rotatable bonds is 7. The Bertz CT molecular complexity index is 997. The highest BCUT2D eigenvalue weighted by Gasteiger charge is 2.23. The van der Waals surface area contributed by atoms with Crippen LogP contribution >= 0.6 is 23.7 Å². The summed E-state index contributed by atoms with van der Waals surface area (Å²) in [6.45, 7) is 3.34. The number of hydrogen-bond acceptors (Lipinski definition) is 5. The second-order valence-corrected chi connectivity index (χ2v) is 7.43. The molecule has 156 valence electrons. The molecule has 0 aliphatic heterocycles. The number of fused-ring (bicyclic) bond motifs is 1. The first kappa shape index (κ1) is 23.0. The minimum absolute atomic E-state index is 0. The molecule has 3 rings (SSSR count). The van der Waals surface area contributed by atoms with Crippen molar-refractivity contribution in [2.45, 2.75) is 6.92 Å². The standard InChI is InChI=1S/C20H21F2N3O2S.ClH/c1-4-27-16-6-5-7-17-18(16)23-20(28-17)25(11-10-24(2)3)19(26)13-8-9-14(21)15(22)12-13;/h5-9,12H,4,10-11H2,1-3H3;1H. The lowest BCUT2D eigenvalue weighted by Crippen LogP contribution is -2.36. The Balaban J connectivity index is 0.00000300. The number of ether oxygens (including phenoxy) is 1. The highest BCUT2D eigenvalue weighted by molar-refractivity contribution is 7.22. The van der Waals surface area contributed by atoms with Gasteiger partial charge in [-0.2, -0.15) is 0 Å². The van der Waals surface area contributed by atoms with Gasteiger partial charge >= 0.3 is 0 Å². The fourth-order valence-corrected chi connectivity index (χ4v) is 3.68. The van der Waals surface area contributed by atoms with Gasteiger partial charge in [0.2, 0.25) is 0 Å². The van der Waals surface area contributed by atoms with Crippen molar-refractivity contribution in [2.24, 2.45) is 0 Å². The van der Waals surface area contributed by atoms with E-state index in [1.165, 1.54) is 22.3 Å². The van der Waals surface area contributed by atoms with Gasteiger partial charge in [-0.25, -0.2) is 13.8 Å². The van der Waals surface area contributed by atoms with E-state index in [-0.39, 0.29) is 18.0 Å². The second-order valence-electron chi connectivity index (χ2n) is 6.42. The van der Waals surface area contributed by atoms with E-state index in [1.54, 1.807) is 0 Å². The van der Waals surface area contributed by atoms with E-state index in [4.69, 9.17) is 4.74 Å². The Morgan fingerprint density at radius 3 is 2.55 bits per heavy atom. The average molecular weight is 442 g/mol.